The van der Waals surface area contributed by atoms with E-state index in [-0.39, 0.29) is 18.2 Å². The summed E-state index contributed by atoms with van der Waals surface area (Å²) >= 11 is 0. The monoisotopic (exact) mass is 498 g/mol. The predicted molar refractivity (Wildman–Crippen MR) is 142 cm³/mol. The van der Waals surface area contributed by atoms with Crippen molar-refractivity contribution in [3.63, 3.8) is 0 Å². The highest BCUT2D eigenvalue weighted by Gasteiger charge is 2.39. The van der Waals surface area contributed by atoms with Crippen molar-refractivity contribution in [3.8, 4) is 0 Å². The number of hydrogen-bond donors (Lipinski definition) is 0. The number of allylic oxidation sites excluding steroid dienone is 1. The molecule has 2 atom stereocenters. The second-order valence-corrected chi connectivity index (χ2v) is 9.21. The van der Waals surface area contributed by atoms with Crippen LogP contribution in [-0.4, -0.2) is 46.7 Å². The number of aromatic nitrogens is 1. The van der Waals surface area contributed by atoms with Crippen LogP contribution in [0.3, 0.4) is 0 Å². The van der Waals surface area contributed by atoms with E-state index in [0.29, 0.717) is 23.4 Å². The number of carbonyl (C=O) groups is 1. The van der Waals surface area contributed by atoms with Crippen LogP contribution in [0.2, 0.25) is 0 Å². The number of aliphatic imine (C=N–C) groups is 1. The lowest BCUT2D eigenvalue weighted by Gasteiger charge is -2.33. The Hall–Kier alpha value is -4.17. The van der Waals surface area contributed by atoms with Crippen molar-refractivity contribution in [2.75, 3.05) is 20.2 Å². The summed E-state index contributed by atoms with van der Waals surface area (Å²) in [6.07, 6.45) is 3.43. The molecule has 0 amide bonds. The van der Waals surface area contributed by atoms with Gasteiger partial charge in [-0.3, -0.25) is 25.0 Å². The minimum atomic E-state index is -0.504. The number of esters is 1. The van der Waals surface area contributed by atoms with E-state index in [0.717, 1.165) is 17.8 Å². The molecule has 2 aromatic carbocycles. The molecule has 0 saturated heterocycles. The van der Waals surface area contributed by atoms with Gasteiger partial charge in [-0.25, -0.2) is 4.79 Å². The third-order valence-corrected chi connectivity index (χ3v) is 6.53. The SMILES string of the molecule is CC1=NC(C)=C(C(=O)OCCN(C)Cc2ccccc2)C(c2cccc([N+](=O)[O-])c2)C1c1cccnc1. The van der Waals surface area contributed by atoms with Gasteiger partial charge in [0.05, 0.1) is 10.5 Å². The van der Waals surface area contributed by atoms with Crippen LogP contribution < -0.4 is 0 Å². The lowest BCUT2D eigenvalue weighted by Crippen LogP contribution is -2.30. The van der Waals surface area contributed by atoms with Crippen LogP contribution in [-0.2, 0) is 16.1 Å². The topological polar surface area (TPSA) is 97.9 Å². The Morgan fingerprint density at radius 3 is 2.49 bits per heavy atom. The zero-order valence-electron chi connectivity index (χ0n) is 21.2. The van der Waals surface area contributed by atoms with E-state index in [9.17, 15) is 14.9 Å². The average molecular weight is 499 g/mol. The molecule has 1 aliphatic rings. The van der Waals surface area contributed by atoms with E-state index in [4.69, 9.17) is 9.73 Å². The molecule has 0 saturated carbocycles. The van der Waals surface area contributed by atoms with Gasteiger partial charge in [0.1, 0.15) is 6.61 Å². The fraction of sp³-hybridized carbons (Fsp3) is 0.276. The molecule has 0 radical (unpaired) electrons. The number of carbonyl (C=O) groups excluding carboxylic acids is 1. The number of nitrogens with zero attached hydrogens (tertiary/aromatic N) is 4. The Labute approximate surface area is 216 Å². The number of rotatable bonds is 9. The highest BCUT2D eigenvalue weighted by Crippen LogP contribution is 2.45. The summed E-state index contributed by atoms with van der Waals surface area (Å²) in [6.45, 7) is 5.20. The molecule has 8 nitrogen and oxygen atoms in total. The number of likely N-dealkylation sites (N-methyl/N-ethyl adjacent to an activating group) is 1. The van der Waals surface area contributed by atoms with Crippen molar-refractivity contribution in [2.45, 2.75) is 32.2 Å². The largest absolute Gasteiger partial charge is 0.461 e. The number of ether oxygens (including phenoxy) is 1. The summed E-state index contributed by atoms with van der Waals surface area (Å²) < 4.78 is 5.75. The summed E-state index contributed by atoms with van der Waals surface area (Å²) in [5, 5.41) is 11.5. The Bertz CT molecular complexity index is 1320. The number of non-ortho nitro benzene ring substituents is 1. The lowest BCUT2D eigenvalue weighted by molar-refractivity contribution is -0.384. The van der Waals surface area contributed by atoms with E-state index in [2.05, 4.69) is 22.0 Å². The van der Waals surface area contributed by atoms with Crippen LogP contribution in [0.15, 0.2) is 95.4 Å². The van der Waals surface area contributed by atoms with Crippen molar-refractivity contribution in [2.24, 2.45) is 4.99 Å². The fourth-order valence-corrected chi connectivity index (χ4v) is 4.83. The number of hydrogen-bond acceptors (Lipinski definition) is 7. The van der Waals surface area contributed by atoms with Crippen LogP contribution in [0, 0.1) is 10.1 Å². The predicted octanol–water partition coefficient (Wildman–Crippen LogP) is 5.28. The number of nitro benzene ring substituents is 1. The molecule has 4 rings (SSSR count). The highest BCUT2D eigenvalue weighted by molar-refractivity contribution is 5.99. The van der Waals surface area contributed by atoms with Crippen LogP contribution in [0.5, 0.6) is 0 Å². The van der Waals surface area contributed by atoms with Crippen molar-refractivity contribution in [1.82, 2.24) is 9.88 Å². The molecule has 2 unspecified atom stereocenters. The van der Waals surface area contributed by atoms with E-state index in [1.807, 2.05) is 50.4 Å². The molecule has 0 fully saturated rings. The summed E-state index contributed by atoms with van der Waals surface area (Å²) in [5.41, 5.74) is 4.45. The van der Waals surface area contributed by atoms with E-state index < -0.39 is 16.8 Å². The van der Waals surface area contributed by atoms with Gasteiger partial charge in [-0.1, -0.05) is 48.5 Å². The smallest absolute Gasteiger partial charge is 0.336 e. The zero-order chi connectivity index (χ0) is 26.4. The van der Waals surface area contributed by atoms with Gasteiger partial charge >= 0.3 is 5.97 Å². The highest BCUT2D eigenvalue weighted by atomic mass is 16.6. The van der Waals surface area contributed by atoms with Crippen LogP contribution >= 0.6 is 0 Å². The first kappa shape index (κ1) is 25.9. The van der Waals surface area contributed by atoms with E-state index >= 15 is 0 Å². The number of benzene rings is 2. The van der Waals surface area contributed by atoms with Crippen LogP contribution in [0.4, 0.5) is 5.69 Å². The zero-order valence-corrected chi connectivity index (χ0v) is 21.2. The van der Waals surface area contributed by atoms with Crippen LogP contribution in [0.25, 0.3) is 0 Å². The molecule has 0 aliphatic carbocycles. The Kier molecular flexibility index (Phi) is 8.20. The summed E-state index contributed by atoms with van der Waals surface area (Å²) in [4.78, 5) is 35.7. The molecular weight excluding hydrogens is 468 g/mol. The molecule has 37 heavy (non-hydrogen) atoms. The number of nitro groups is 1. The maximum atomic E-state index is 13.5. The standard InChI is InChI=1S/C29H30N4O4/c1-20-26(24-12-8-14-30-18-24)28(23-11-7-13-25(17-23)33(35)36)27(21(2)31-20)29(34)37-16-15-32(3)19-22-9-5-4-6-10-22/h4-14,17-18,26,28H,15-16,19H2,1-3H3. The molecular formula is C29H30N4O4. The maximum Gasteiger partial charge on any atom is 0.336 e. The number of pyridine rings is 1. The molecule has 3 aromatic rings. The third kappa shape index (κ3) is 6.16. The van der Waals surface area contributed by atoms with Gasteiger partial charge in [-0.15, -0.1) is 0 Å². The van der Waals surface area contributed by atoms with Crippen molar-refractivity contribution >= 4 is 17.4 Å². The van der Waals surface area contributed by atoms with Crippen molar-refractivity contribution in [3.05, 3.63) is 117 Å². The maximum absolute atomic E-state index is 13.5. The van der Waals surface area contributed by atoms with E-state index in [1.165, 1.54) is 17.7 Å². The van der Waals surface area contributed by atoms with E-state index in [1.54, 1.807) is 25.4 Å². The van der Waals surface area contributed by atoms with Crippen LogP contribution in [0.1, 0.15) is 42.4 Å². The van der Waals surface area contributed by atoms with Gasteiger partial charge in [0.25, 0.3) is 5.69 Å². The fourth-order valence-electron chi connectivity index (χ4n) is 4.83. The van der Waals surface area contributed by atoms with Gasteiger partial charge in [0.2, 0.25) is 0 Å². The minimum Gasteiger partial charge on any atom is -0.461 e. The second-order valence-electron chi connectivity index (χ2n) is 9.21. The second kappa shape index (κ2) is 11.7. The lowest BCUT2D eigenvalue weighted by atomic mass is 9.73. The molecule has 0 spiro atoms. The summed E-state index contributed by atoms with van der Waals surface area (Å²) in [5.74, 6) is -1.29. The molecule has 2 heterocycles. The van der Waals surface area contributed by atoms with Crippen molar-refractivity contribution in [1.29, 1.82) is 0 Å². The molecule has 0 bridgehead atoms. The Morgan fingerprint density at radius 1 is 1.03 bits per heavy atom. The molecule has 190 valence electrons. The first-order chi connectivity index (χ1) is 17.8. The van der Waals surface area contributed by atoms with Crippen molar-refractivity contribution < 1.29 is 14.5 Å². The molecule has 1 aliphatic heterocycles. The first-order valence-electron chi connectivity index (χ1n) is 12.1. The third-order valence-electron chi connectivity index (χ3n) is 6.53. The van der Waals surface area contributed by atoms with Gasteiger partial charge < -0.3 is 4.74 Å². The van der Waals surface area contributed by atoms with Gasteiger partial charge in [0.15, 0.2) is 0 Å². The van der Waals surface area contributed by atoms with Gasteiger partial charge in [-0.05, 0) is 43.7 Å². The molecule has 1 aromatic heterocycles. The van der Waals surface area contributed by atoms with Gasteiger partial charge in [0, 0.05) is 60.9 Å². The Morgan fingerprint density at radius 2 is 1.78 bits per heavy atom. The van der Waals surface area contributed by atoms with Gasteiger partial charge in [-0.2, -0.15) is 0 Å². The molecule has 8 heteroatoms. The molecule has 0 N–H and O–H groups in total. The normalized spacial score (nSPS) is 17.5. The average Bonchev–Trinajstić information content (AvgIpc) is 2.89. The summed E-state index contributed by atoms with van der Waals surface area (Å²) in [6, 6.07) is 20.3. The summed E-state index contributed by atoms with van der Waals surface area (Å²) in [7, 11) is 1.98. The Balaban J connectivity index is 1.61. The quantitative estimate of drug-likeness (QED) is 0.226. The first-order valence-corrected chi connectivity index (χ1v) is 12.1. The minimum absolute atomic E-state index is 0.0319.